The minimum absolute atomic E-state index is 0.00628. The molecule has 2 aromatic carbocycles. The van der Waals surface area contributed by atoms with E-state index in [1.807, 2.05) is 0 Å². The lowest BCUT2D eigenvalue weighted by atomic mass is 9.90. The molecular weight excluding hydrogens is 499 g/mol. The zero-order chi connectivity index (χ0) is 27.7. The van der Waals surface area contributed by atoms with Crippen molar-refractivity contribution in [2.75, 3.05) is 13.7 Å². The Kier molecular flexibility index (Phi) is 9.70. The molecule has 1 unspecified atom stereocenters. The van der Waals surface area contributed by atoms with Crippen molar-refractivity contribution in [3.8, 4) is 16.9 Å². The summed E-state index contributed by atoms with van der Waals surface area (Å²) in [6.07, 6.45) is -1.06. The van der Waals surface area contributed by atoms with Gasteiger partial charge in [-0.1, -0.05) is 19.1 Å². The number of aromatic nitrogens is 1. The summed E-state index contributed by atoms with van der Waals surface area (Å²) in [4.78, 5) is 28.7. The van der Waals surface area contributed by atoms with Gasteiger partial charge in [-0.05, 0) is 72.0 Å². The smallest absolute Gasteiger partial charge is 0.416 e. The molecule has 0 saturated heterocycles. The van der Waals surface area contributed by atoms with Gasteiger partial charge in [-0.25, -0.2) is 4.79 Å². The van der Waals surface area contributed by atoms with E-state index >= 15 is 0 Å². The third kappa shape index (κ3) is 7.47. The number of urea groups is 1. The molecule has 0 aliphatic heterocycles. The van der Waals surface area contributed by atoms with Crippen molar-refractivity contribution in [3.63, 3.8) is 0 Å². The molecule has 7 nitrogen and oxygen atoms in total. The average molecular weight is 530 g/mol. The van der Waals surface area contributed by atoms with E-state index in [0.29, 0.717) is 28.9 Å². The van der Waals surface area contributed by atoms with Crippen LogP contribution in [-0.2, 0) is 28.7 Å². The predicted octanol–water partition coefficient (Wildman–Crippen LogP) is 5.83. The molecular formula is C28H30F3N3O4. The van der Waals surface area contributed by atoms with E-state index in [-0.39, 0.29) is 25.1 Å². The van der Waals surface area contributed by atoms with Gasteiger partial charge >= 0.3 is 18.2 Å². The molecule has 1 heterocycles. The number of methoxy groups -OCH3 is 1. The number of hydrogen-bond acceptors (Lipinski definition) is 5. The number of carbonyl (C=O) groups excluding carboxylic acids is 2. The Balaban J connectivity index is 2.00. The van der Waals surface area contributed by atoms with Gasteiger partial charge in [-0.2, -0.15) is 13.2 Å². The fourth-order valence-corrected chi connectivity index (χ4v) is 4.02. The van der Waals surface area contributed by atoms with Crippen LogP contribution in [0.2, 0.25) is 0 Å². The van der Waals surface area contributed by atoms with E-state index in [2.05, 4.69) is 15.6 Å². The Bertz CT molecular complexity index is 1250. The van der Waals surface area contributed by atoms with E-state index < -0.39 is 29.8 Å². The Morgan fingerprint density at radius 2 is 1.71 bits per heavy atom. The summed E-state index contributed by atoms with van der Waals surface area (Å²) in [5.74, 6) is -0.00848. The van der Waals surface area contributed by atoms with Crippen molar-refractivity contribution in [3.05, 3.63) is 83.2 Å². The summed E-state index contributed by atoms with van der Waals surface area (Å²) < 4.78 is 51.6. The number of esters is 1. The van der Waals surface area contributed by atoms with Gasteiger partial charge in [0.1, 0.15) is 5.75 Å². The van der Waals surface area contributed by atoms with Crippen molar-refractivity contribution in [2.24, 2.45) is 0 Å². The lowest BCUT2D eigenvalue weighted by molar-refractivity contribution is -0.142. The molecule has 2 N–H and O–H groups in total. The first-order chi connectivity index (χ1) is 18.2. The van der Waals surface area contributed by atoms with Gasteiger partial charge in [0.15, 0.2) is 0 Å². The van der Waals surface area contributed by atoms with Gasteiger partial charge in [0.05, 0.1) is 31.7 Å². The first kappa shape index (κ1) is 28.5. The van der Waals surface area contributed by atoms with E-state index in [0.717, 1.165) is 17.7 Å². The normalized spacial score (nSPS) is 11.9. The molecule has 1 atom stereocenters. The highest BCUT2D eigenvalue weighted by atomic mass is 19.4. The summed E-state index contributed by atoms with van der Waals surface area (Å²) in [5.41, 5.74) is 1.81. The van der Waals surface area contributed by atoms with E-state index in [1.54, 1.807) is 56.6 Å². The number of amides is 2. The maximum Gasteiger partial charge on any atom is 0.416 e. The highest BCUT2D eigenvalue weighted by molar-refractivity contribution is 5.79. The van der Waals surface area contributed by atoms with Gasteiger partial charge in [0.2, 0.25) is 0 Å². The molecule has 0 bridgehead atoms. The minimum atomic E-state index is -4.58. The SMILES string of the molecule is CCOC(=O)Cc1ccc(OC)c(-c2ccc(C(F)(F)F)cc2C(CC)NC(=O)NCc2ccncc2)c1. The number of alkyl halides is 3. The second-order valence-corrected chi connectivity index (χ2v) is 8.46. The Morgan fingerprint density at radius 3 is 2.34 bits per heavy atom. The maximum absolute atomic E-state index is 13.7. The maximum atomic E-state index is 13.7. The van der Waals surface area contributed by atoms with Crippen LogP contribution >= 0.6 is 0 Å². The van der Waals surface area contributed by atoms with Crippen LogP contribution in [0.4, 0.5) is 18.0 Å². The molecule has 202 valence electrons. The predicted molar refractivity (Wildman–Crippen MR) is 136 cm³/mol. The molecule has 0 fully saturated rings. The third-order valence-electron chi connectivity index (χ3n) is 5.88. The second kappa shape index (κ2) is 12.9. The van der Waals surface area contributed by atoms with Gasteiger partial charge in [-0.15, -0.1) is 0 Å². The molecule has 10 heteroatoms. The van der Waals surface area contributed by atoms with Crippen LogP contribution in [0.1, 0.15) is 48.6 Å². The molecule has 0 saturated carbocycles. The highest BCUT2D eigenvalue weighted by Crippen LogP contribution is 2.40. The highest BCUT2D eigenvalue weighted by Gasteiger charge is 2.32. The number of rotatable bonds is 10. The number of nitrogens with zero attached hydrogens (tertiary/aromatic N) is 1. The fraction of sp³-hybridized carbons (Fsp3) is 0.321. The number of carbonyl (C=O) groups is 2. The van der Waals surface area contributed by atoms with Crippen molar-refractivity contribution in [1.82, 2.24) is 15.6 Å². The number of benzene rings is 2. The van der Waals surface area contributed by atoms with Gasteiger partial charge in [0, 0.05) is 24.5 Å². The summed E-state index contributed by atoms with van der Waals surface area (Å²) in [6.45, 7) is 3.94. The Morgan fingerprint density at radius 1 is 0.974 bits per heavy atom. The number of nitrogens with one attached hydrogen (secondary N) is 2. The van der Waals surface area contributed by atoms with Crippen LogP contribution < -0.4 is 15.4 Å². The van der Waals surface area contributed by atoms with E-state index in [4.69, 9.17) is 9.47 Å². The lowest BCUT2D eigenvalue weighted by Gasteiger charge is -2.24. The van der Waals surface area contributed by atoms with Crippen molar-refractivity contribution >= 4 is 12.0 Å². The first-order valence-corrected chi connectivity index (χ1v) is 12.1. The zero-order valence-electron chi connectivity index (χ0n) is 21.4. The van der Waals surface area contributed by atoms with Crippen molar-refractivity contribution in [2.45, 2.75) is 45.5 Å². The van der Waals surface area contributed by atoms with Crippen LogP contribution in [0, 0.1) is 0 Å². The summed E-state index contributed by atoms with van der Waals surface area (Å²) >= 11 is 0. The number of pyridine rings is 1. The quantitative estimate of drug-likeness (QED) is 0.323. The van der Waals surface area contributed by atoms with Crippen molar-refractivity contribution in [1.29, 1.82) is 0 Å². The van der Waals surface area contributed by atoms with Crippen LogP contribution in [0.15, 0.2) is 60.9 Å². The van der Waals surface area contributed by atoms with Crippen LogP contribution in [0.3, 0.4) is 0 Å². The molecule has 1 aromatic heterocycles. The first-order valence-electron chi connectivity index (χ1n) is 12.1. The van der Waals surface area contributed by atoms with Crippen molar-refractivity contribution < 1.29 is 32.2 Å². The summed E-state index contributed by atoms with van der Waals surface area (Å²) in [6, 6.07) is 10.7. The molecule has 0 aliphatic rings. The monoisotopic (exact) mass is 529 g/mol. The van der Waals surface area contributed by atoms with Crippen LogP contribution in [0.25, 0.3) is 11.1 Å². The Hall–Kier alpha value is -4.08. The summed E-state index contributed by atoms with van der Waals surface area (Å²) in [5, 5.41) is 5.52. The molecule has 2 amide bonds. The molecule has 38 heavy (non-hydrogen) atoms. The van der Waals surface area contributed by atoms with E-state index in [1.165, 1.54) is 13.2 Å². The number of ether oxygens (including phenoxy) is 2. The molecule has 3 rings (SSSR count). The lowest BCUT2D eigenvalue weighted by Crippen LogP contribution is -2.37. The standard InChI is InChI=1S/C28H30F3N3O4/c1-4-24(34-27(36)33-17-18-10-12-32-13-11-18)22-16-20(28(29,30)31)7-8-21(22)23-14-19(6-9-25(23)37-3)15-26(35)38-5-2/h6-14,16,24H,4-5,15,17H2,1-3H3,(H2,33,34,36). The van der Waals surface area contributed by atoms with E-state index in [9.17, 15) is 22.8 Å². The second-order valence-electron chi connectivity index (χ2n) is 8.46. The largest absolute Gasteiger partial charge is 0.496 e. The van der Waals surface area contributed by atoms with Crippen LogP contribution in [-0.4, -0.2) is 30.7 Å². The third-order valence-corrected chi connectivity index (χ3v) is 5.88. The van der Waals surface area contributed by atoms with Crippen LogP contribution in [0.5, 0.6) is 5.75 Å². The Labute approximate surface area is 219 Å². The topological polar surface area (TPSA) is 89.5 Å². The van der Waals surface area contributed by atoms with Gasteiger partial charge < -0.3 is 20.1 Å². The summed E-state index contributed by atoms with van der Waals surface area (Å²) in [7, 11) is 1.45. The number of halogens is 3. The molecule has 0 radical (unpaired) electrons. The average Bonchev–Trinajstić information content (AvgIpc) is 2.90. The number of hydrogen-bond donors (Lipinski definition) is 2. The van der Waals surface area contributed by atoms with Gasteiger partial charge in [0.25, 0.3) is 0 Å². The molecule has 3 aromatic rings. The minimum Gasteiger partial charge on any atom is -0.496 e. The zero-order valence-corrected chi connectivity index (χ0v) is 21.4. The molecule has 0 spiro atoms. The molecule has 0 aliphatic carbocycles. The fourth-order valence-electron chi connectivity index (χ4n) is 4.02. The van der Waals surface area contributed by atoms with Gasteiger partial charge in [-0.3, -0.25) is 9.78 Å².